The molecule has 0 spiro atoms. The molecule has 0 saturated carbocycles. The molecule has 8 heteroatoms. The molecule has 0 unspecified atom stereocenters. The van der Waals surface area contributed by atoms with E-state index in [0.717, 1.165) is 16.8 Å². The first-order chi connectivity index (χ1) is 13.4. The van der Waals surface area contributed by atoms with Crippen LogP contribution in [0.25, 0.3) is 0 Å². The molecule has 1 heterocycles. The molecule has 3 rings (SSSR count). The van der Waals surface area contributed by atoms with E-state index in [0.29, 0.717) is 21.8 Å². The van der Waals surface area contributed by atoms with Gasteiger partial charge in [-0.2, -0.15) is 0 Å². The summed E-state index contributed by atoms with van der Waals surface area (Å²) in [7, 11) is 1.84. The molecule has 1 aromatic heterocycles. The summed E-state index contributed by atoms with van der Waals surface area (Å²) in [6.45, 7) is 4.20. The number of ether oxygens (including phenoxy) is 1. The number of carbonyl (C=O) groups is 1. The van der Waals surface area contributed by atoms with Crippen LogP contribution in [0.15, 0.2) is 47.6 Å². The second kappa shape index (κ2) is 9.12. The van der Waals surface area contributed by atoms with Gasteiger partial charge in [-0.1, -0.05) is 47.6 Å². The number of carbonyl (C=O) groups excluding carboxylic acids is 1. The maximum absolute atomic E-state index is 12.3. The van der Waals surface area contributed by atoms with Crippen molar-refractivity contribution in [2.45, 2.75) is 25.6 Å². The molecule has 6 nitrogen and oxygen atoms in total. The van der Waals surface area contributed by atoms with Gasteiger partial charge >= 0.3 is 0 Å². The van der Waals surface area contributed by atoms with Crippen molar-refractivity contribution in [3.05, 3.63) is 64.4 Å². The van der Waals surface area contributed by atoms with Crippen molar-refractivity contribution in [3.63, 3.8) is 0 Å². The van der Waals surface area contributed by atoms with Crippen molar-refractivity contribution in [2.24, 2.45) is 7.05 Å². The molecule has 3 aromatic rings. The highest BCUT2D eigenvalue weighted by Gasteiger charge is 2.13. The van der Waals surface area contributed by atoms with Crippen LogP contribution in [0.2, 0.25) is 5.02 Å². The summed E-state index contributed by atoms with van der Waals surface area (Å²) >= 11 is 7.42. The van der Waals surface area contributed by atoms with Crippen LogP contribution >= 0.6 is 23.4 Å². The van der Waals surface area contributed by atoms with E-state index < -0.39 is 0 Å². The lowest BCUT2D eigenvalue weighted by Crippen LogP contribution is -2.15. The van der Waals surface area contributed by atoms with Crippen LogP contribution in [0.3, 0.4) is 0 Å². The van der Waals surface area contributed by atoms with Gasteiger partial charge in [-0.05, 0) is 43.2 Å². The molecule has 0 aliphatic carbocycles. The Hall–Kier alpha value is -2.51. The summed E-state index contributed by atoms with van der Waals surface area (Å²) in [5, 5.41) is 12.4. The molecule has 1 amide bonds. The summed E-state index contributed by atoms with van der Waals surface area (Å²) in [4.78, 5) is 12.3. The largest absolute Gasteiger partial charge is 0.484 e. The Morgan fingerprint density at radius 3 is 2.79 bits per heavy atom. The standard InChI is InChI=1S/C20H21ClN4O2S/c1-13-8-9-14(2)16(10-13)22-19(26)12-28-20-24-23-18(25(20)3)11-27-17-7-5-4-6-15(17)21/h4-10H,11-12H2,1-3H3,(H,22,26). The third kappa shape index (κ3) is 5.05. The predicted molar refractivity (Wildman–Crippen MR) is 112 cm³/mol. The quantitative estimate of drug-likeness (QED) is 0.578. The summed E-state index contributed by atoms with van der Waals surface area (Å²) < 4.78 is 7.51. The summed E-state index contributed by atoms with van der Waals surface area (Å²) in [5.74, 6) is 1.40. The first-order valence-electron chi connectivity index (χ1n) is 8.69. The molecular weight excluding hydrogens is 396 g/mol. The Morgan fingerprint density at radius 2 is 2.00 bits per heavy atom. The monoisotopic (exact) mass is 416 g/mol. The Bertz CT molecular complexity index is 990. The van der Waals surface area contributed by atoms with Gasteiger partial charge in [0.15, 0.2) is 11.0 Å². The maximum Gasteiger partial charge on any atom is 0.234 e. The minimum atomic E-state index is -0.0874. The van der Waals surface area contributed by atoms with Gasteiger partial charge in [0, 0.05) is 12.7 Å². The number of anilines is 1. The molecule has 28 heavy (non-hydrogen) atoms. The van der Waals surface area contributed by atoms with E-state index in [1.54, 1.807) is 12.1 Å². The number of benzene rings is 2. The lowest BCUT2D eigenvalue weighted by molar-refractivity contribution is -0.113. The van der Waals surface area contributed by atoms with Crippen molar-refractivity contribution < 1.29 is 9.53 Å². The molecule has 0 fully saturated rings. The van der Waals surface area contributed by atoms with Crippen LogP contribution in [0, 0.1) is 13.8 Å². The first kappa shape index (κ1) is 20.2. The number of aromatic nitrogens is 3. The van der Waals surface area contributed by atoms with Crippen molar-refractivity contribution >= 4 is 35.0 Å². The lowest BCUT2D eigenvalue weighted by atomic mass is 10.1. The highest BCUT2D eigenvalue weighted by Crippen LogP contribution is 2.24. The zero-order valence-corrected chi connectivity index (χ0v) is 17.5. The van der Waals surface area contributed by atoms with Crippen LogP contribution in [-0.4, -0.2) is 26.4 Å². The van der Waals surface area contributed by atoms with E-state index in [4.69, 9.17) is 16.3 Å². The van der Waals surface area contributed by atoms with Crippen LogP contribution in [0.1, 0.15) is 17.0 Å². The zero-order valence-electron chi connectivity index (χ0n) is 15.9. The van der Waals surface area contributed by atoms with Gasteiger partial charge in [-0.3, -0.25) is 4.79 Å². The average Bonchev–Trinajstić information content (AvgIpc) is 3.02. The van der Waals surface area contributed by atoms with E-state index in [2.05, 4.69) is 15.5 Å². The Kier molecular flexibility index (Phi) is 6.59. The number of aryl methyl sites for hydroxylation is 2. The second-order valence-corrected chi connectivity index (χ2v) is 7.68. The minimum Gasteiger partial charge on any atom is -0.484 e. The highest BCUT2D eigenvalue weighted by molar-refractivity contribution is 7.99. The topological polar surface area (TPSA) is 69.0 Å². The number of halogens is 1. The normalized spacial score (nSPS) is 10.7. The molecule has 0 aliphatic heterocycles. The lowest BCUT2D eigenvalue weighted by Gasteiger charge is -2.09. The Balaban J connectivity index is 1.56. The van der Waals surface area contributed by atoms with Crippen molar-refractivity contribution in [1.29, 1.82) is 0 Å². The molecule has 0 bridgehead atoms. The molecule has 0 aliphatic rings. The molecule has 146 valence electrons. The highest BCUT2D eigenvalue weighted by atomic mass is 35.5. The van der Waals surface area contributed by atoms with Gasteiger partial charge in [0.2, 0.25) is 5.91 Å². The zero-order chi connectivity index (χ0) is 20.1. The van der Waals surface area contributed by atoms with Crippen LogP contribution in [-0.2, 0) is 18.4 Å². The fourth-order valence-corrected chi connectivity index (χ4v) is 3.41. The van der Waals surface area contributed by atoms with Gasteiger partial charge in [0.1, 0.15) is 12.4 Å². The Labute approximate surface area is 173 Å². The first-order valence-corrected chi connectivity index (χ1v) is 10.1. The van der Waals surface area contributed by atoms with Gasteiger partial charge in [0.05, 0.1) is 10.8 Å². The van der Waals surface area contributed by atoms with Crippen molar-refractivity contribution in [3.8, 4) is 5.75 Å². The molecule has 0 radical (unpaired) electrons. The summed E-state index contributed by atoms with van der Waals surface area (Å²) in [5.41, 5.74) is 2.96. The van der Waals surface area contributed by atoms with Gasteiger partial charge < -0.3 is 14.6 Å². The van der Waals surface area contributed by atoms with Gasteiger partial charge in [0.25, 0.3) is 0 Å². The SMILES string of the molecule is Cc1ccc(C)c(NC(=O)CSc2nnc(COc3ccccc3Cl)n2C)c1. The Morgan fingerprint density at radius 1 is 1.21 bits per heavy atom. The predicted octanol–water partition coefficient (Wildman–Crippen LogP) is 4.40. The summed E-state index contributed by atoms with van der Waals surface area (Å²) in [6.07, 6.45) is 0. The number of para-hydroxylation sites is 1. The molecule has 1 N–H and O–H groups in total. The summed E-state index contributed by atoms with van der Waals surface area (Å²) in [6, 6.07) is 13.2. The number of hydrogen-bond acceptors (Lipinski definition) is 5. The number of nitrogens with zero attached hydrogens (tertiary/aromatic N) is 3. The number of thioether (sulfide) groups is 1. The van der Waals surface area contributed by atoms with Gasteiger partial charge in [-0.25, -0.2) is 0 Å². The third-order valence-electron chi connectivity index (χ3n) is 4.12. The van der Waals surface area contributed by atoms with Crippen LogP contribution in [0.5, 0.6) is 5.75 Å². The van der Waals surface area contributed by atoms with Crippen molar-refractivity contribution in [1.82, 2.24) is 14.8 Å². The van der Waals surface area contributed by atoms with Crippen LogP contribution in [0.4, 0.5) is 5.69 Å². The van der Waals surface area contributed by atoms with Crippen LogP contribution < -0.4 is 10.1 Å². The number of amides is 1. The molecule has 0 saturated heterocycles. The third-order valence-corrected chi connectivity index (χ3v) is 5.45. The fraction of sp³-hybridized carbons (Fsp3) is 0.250. The van der Waals surface area contributed by atoms with Gasteiger partial charge in [-0.15, -0.1) is 10.2 Å². The molecular formula is C20H21ClN4O2S. The van der Waals surface area contributed by atoms with E-state index in [-0.39, 0.29) is 18.3 Å². The smallest absolute Gasteiger partial charge is 0.234 e. The van der Waals surface area contributed by atoms with Crippen molar-refractivity contribution in [2.75, 3.05) is 11.1 Å². The maximum atomic E-state index is 12.3. The average molecular weight is 417 g/mol. The van der Waals surface area contributed by atoms with E-state index in [9.17, 15) is 4.79 Å². The minimum absolute atomic E-state index is 0.0874. The van der Waals surface area contributed by atoms with E-state index >= 15 is 0 Å². The number of hydrogen-bond donors (Lipinski definition) is 1. The van der Waals surface area contributed by atoms with E-state index in [1.165, 1.54) is 11.8 Å². The molecule has 0 atom stereocenters. The van der Waals surface area contributed by atoms with E-state index in [1.807, 2.05) is 55.8 Å². The number of nitrogens with one attached hydrogen (secondary N) is 1. The molecule has 2 aromatic carbocycles. The second-order valence-electron chi connectivity index (χ2n) is 6.33. The number of rotatable bonds is 7. The fourth-order valence-electron chi connectivity index (χ4n) is 2.49.